The van der Waals surface area contributed by atoms with Crippen molar-refractivity contribution in [3.05, 3.63) is 65.8 Å². The molecule has 0 aliphatic carbocycles. The number of aryl methyl sites for hydroxylation is 2. The lowest BCUT2D eigenvalue weighted by Crippen LogP contribution is -2.38. The van der Waals surface area contributed by atoms with Crippen LogP contribution in [0.15, 0.2) is 60.8 Å². The van der Waals surface area contributed by atoms with Crippen molar-refractivity contribution in [3.8, 4) is 11.3 Å². The minimum Gasteiger partial charge on any atom is -0.350 e. The molecular weight excluding hydrogens is 438 g/mol. The zero-order valence-electron chi connectivity index (χ0n) is 18.3. The number of amides is 2. The van der Waals surface area contributed by atoms with Crippen molar-refractivity contribution in [1.29, 1.82) is 0 Å². The number of carbonyl (C=O) groups excluding carboxylic acids is 2. The molecule has 3 heterocycles. The van der Waals surface area contributed by atoms with Gasteiger partial charge in [-0.25, -0.2) is 4.68 Å². The summed E-state index contributed by atoms with van der Waals surface area (Å²) in [6.07, 6.45) is 3.30. The summed E-state index contributed by atoms with van der Waals surface area (Å²) in [5.41, 5.74) is 3.62. The van der Waals surface area contributed by atoms with Gasteiger partial charge in [-0.3, -0.25) is 14.5 Å². The fourth-order valence-corrected chi connectivity index (χ4v) is 4.53. The van der Waals surface area contributed by atoms with E-state index in [0.717, 1.165) is 28.0 Å². The van der Waals surface area contributed by atoms with Crippen LogP contribution in [0.3, 0.4) is 0 Å². The van der Waals surface area contributed by atoms with Crippen LogP contribution in [0.25, 0.3) is 22.2 Å². The number of rotatable bonds is 6. The second-order valence-electron chi connectivity index (χ2n) is 8.21. The quantitative estimate of drug-likeness (QED) is 0.446. The molecule has 8 heteroatoms. The normalized spacial score (nSPS) is 13.4. The molecule has 1 N–H and O–H groups in total. The summed E-state index contributed by atoms with van der Waals surface area (Å²) in [6.45, 7) is 1.01. The van der Waals surface area contributed by atoms with E-state index < -0.39 is 0 Å². The number of hydrogen-bond donors (Lipinski definition) is 1. The standard InChI is InChI=1S/C25H24ClN5O2/c1-29-16-18(17-7-2-5-10-22(17)29)21-15-24-30(25(33)12-14-31(24)28-21)13-6-11-23(32)27-20-9-4-3-8-19(20)26/h2-5,7-10,15-16H,6,11-14H2,1H3,(H,27,32). The number of anilines is 2. The Hall–Kier alpha value is -3.58. The fraction of sp³-hybridized carbons (Fsp3) is 0.240. The molecule has 5 rings (SSSR count). The maximum absolute atomic E-state index is 12.7. The van der Waals surface area contributed by atoms with Crippen molar-refractivity contribution < 1.29 is 9.59 Å². The predicted molar refractivity (Wildman–Crippen MR) is 130 cm³/mol. The Morgan fingerprint density at radius 3 is 2.79 bits per heavy atom. The summed E-state index contributed by atoms with van der Waals surface area (Å²) in [5.74, 6) is 0.705. The summed E-state index contributed by atoms with van der Waals surface area (Å²) < 4.78 is 3.98. The Kier molecular flexibility index (Phi) is 5.64. The van der Waals surface area contributed by atoms with Crippen LogP contribution in [0.1, 0.15) is 19.3 Å². The molecule has 1 aliphatic heterocycles. The second kappa shape index (κ2) is 8.75. The molecule has 0 atom stereocenters. The highest BCUT2D eigenvalue weighted by atomic mass is 35.5. The van der Waals surface area contributed by atoms with Crippen LogP contribution in [0.2, 0.25) is 5.02 Å². The first-order valence-corrected chi connectivity index (χ1v) is 11.4. The van der Waals surface area contributed by atoms with E-state index in [9.17, 15) is 9.59 Å². The summed E-state index contributed by atoms with van der Waals surface area (Å²) in [5, 5.41) is 9.25. The molecule has 0 saturated carbocycles. The predicted octanol–water partition coefficient (Wildman–Crippen LogP) is 4.85. The largest absolute Gasteiger partial charge is 0.350 e. The number of benzene rings is 2. The average molecular weight is 462 g/mol. The van der Waals surface area contributed by atoms with E-state index in [4.69, 9.17) is 16.7 Å². The number of nitrogens with one attached hydrogen (secondary N) is 1. The van der Waals surface area contributed by atoms with Gasteiger partial charge in [-0.15, -0.1) is 0 Å². The Morgan fingerprint density at radius 2 is 1.94 bits per heavy atom. The van der Waals surface area contributed by atoms with Crippen LogP contribution in [0.5, 0.6) is 0 Å². The molecular formula is C25H24ClN5O2. The van der Waals surface area contributed by atoms with Crippen molar-refractivity contribution in [1.82, 2.24) is 14.3 Å². The molecule has 2 aromatic carbocycles. The number of halogens is 1. The maximum atomic E-state index is 12.7. The van der Waals surface area contributed by atoms with Crippen molar-refractivity contribution >= 4 is 45.8 Å². The number of carbonyl (C=O) groups is 2. The molecule has 0 radical (unpaired) electrons. The molecule has 2 amide bonds. The highest BCUT2D eigenvalue weighted by molar-refractivity contribution is 6.33. The van der Waals surface area contributed by atoms with Gasteiger partial charge < -0.3 is 9.88 Å². The van der Waals surface area contributed by atoms with E-state index in [-0.39, 0.29) is 11.8 Å². The van der Waals surface area contributed by atoms with Gasteiger partial charge in [0.2, 0.25) is 11.8 Å². The Labute approximate surface area is 196 Å². The number of aromatic nitrogens is 3. The van der Waals surface area contributed by atoms with Crippen LogP contribution in [-0.4, -0.2) is 32.7 Å². The summed E-state index contributed by atoms with van der Waals surface area (Å²) in [4.78, 5) is 26.8. The third-order valence-electron chi connectivity index (χ3n) is 5.98. The fourth-order valence-electron chi connectivity index (χ4n) is 4.34. The highest BCUT2D eigenvalue weighted by Gasteiger charge is 2.27. The van der Waals surface area contributed by atoms with Gasteiger partial charge in [0.25, 0.3) is 0 Å². The topological polar surface area (TPSA) is 72.2 Å². The van der Waals surface area contributed by atoms with Crippen molar-refractivity contribution in [2.75, 3.05) is 16.8 Å². The van der Waals surface area contributed by atoms with Gasteiger partial charge in [-0.2, -0.15) is 5.10 Å². The summed E-state index contributed by atoms with van der Waals surface area (Å²) in [7, 11) is 2.02. The zero-order valence-corrected chi connectivity index (χ0v) is 19.0. The van der Waals surface area contributed by atoms with E-state index in [0.29, 0.717) is 43.1 Å². The lowest BCUT2D eigenvalue weighted by Gasteiger charge is -2.27. The lowest BCUT2D eigenvalue weighted by molar-refractivity contribution is -0.120. The summed E-state index contributed by atoms with van der Waals surface area (Å²) >= 11 is 6.11. The molecule has 4 aromatic rings. The van der Waals surface area contributed by atoms with Crippen LogP contribution >= 0.6 is 11.6 Å². The second-order valence-corrected chi connectivity index (χ2v) is 8.62. The van der Waals surface area contributed by atoms with Gasteiger partial charge in [0.15, 0.2) is 0 Å². The first-order valence-electron chi connectivity index (χ1n) is 11.0. The molecule has 0 bridgehead atoms. The van der Waals surface area contributed by atoms with Gasteiger partial charge >= 0.3 is 0 Å². The first-order chi connectivity index (χ1) is 16.0. The monoisotopic (exact) mass is 461 g/mol. The van der Waals surface area contributed by atoms with Crippen LogP contribution in [-0.2, 0) is 23.2 Å². The molecule has 168 valence electrons. The number of hydrogen-bond acceptors (Lipinski definition) is 3. The van der Waals surface area contributed by atoms with E-state index in [1.165, 1.54) is 0 Å². The molecule has 7 nitrogen and oxygen atoms in total. The Bertz CT molecular complexity index is 1360. The first kappa shape index (κ1) is 21.3. The minimum atomic E-state index is -0.127. The SMILES string of the molecule is Cn1cc(-c2cc3n(n2)CCC(=O)N3CCCC(=O)Nc2ccccc2Cl)c2ccccc21. The van der Waals surface area contributed by atoms with E-state index in [2.05, 4.69) is 28.2 Å². The molecule has 0 spiro atoms. The average Bonchev–Trinajstić information content (AvgIpc) is 3.38. The Balaban J connectivity index is 1.31. The lowest BCUT2D eigenvalue weighted by atomic mass is 10.1. The van der Waals surface area contributed by atoms with E-state index >= 15 is 0 Å². The van der Waals surface area contributed by atoms with Crippen LogP contribution < -0.4 is 10.2 Å². The van der Waals surface area contributed by atoms with Gasteiger partial charge in [0.1, 0.15) is 5.82 Å². The van der Waals surface area contributed by atoms with Gasteiger partial charge in [0, 0.05) is 55.2 Å². The van der Waals surface area contributed by atoms with Crippen molar-refractivity contribution in [3.63, 3.8) is 0 Å². The summed E-state index contributed by atoms with van der Waals surface area (Å²) in [6, 6.07) is 17.3. The molecule has 0 saturated heterocycles. The minimum absolute atomic E-state index is 0.0541. The van der Waals surface area contributed by atoms with Gasteiger partial charge in [0.05, 0.1) is 22.9 Å². The number of fused-ring (bicyclic) bond motifs is 2. The Morgan fingerprint density at radius 1 is 1.15 bits per heavy atom. The number of nitrogens with zero attached hydrogens (tertiary/aromatic N) is 4. The zero-order chi connectivity index (χ0) is 22.9. The molecule has 0 unspecified atom stereocenters. The molecule has 0 fully saturated rings. The third kappa shape index (κ3) is 4.12. The van der Waals surface area contributed by atoms with Crippen LogP contribution in [0, 0.1) is 0 Å². The van der Waals surface area contributed by atoms with Gasteiger partial charge in [-0.1, -0.05) is 41.9 Å². The van der Waals surface area contributed by atoms with E-state index in [1.807, 2.05) is 42.1 Å². The van der Waals surface area contributed by atoms with Gasteiger partial charge in [-0.05, 0) is 24.6 Å². The van der Waals surface area contributed by atoms with Crippen molar-refractivity contribution in [2.45, 2.75) is 25.8 Å². The third-order valence-corrected chi connectivity index (χ3v) is 6.31. The molecule has 2 aromatic heterocycles. The molecule has 33 heavy (non-hydrogen) atoms. The number of para-hydroxylation sites is 2. The smallest absolute Gasteiger partial charge is 0.229 e. The highest BCUT2D eigenvalue weighted by Crippen LogP contribution is 2.33. The van der Waals surface area contributed by atoms with E-state index in [1.54, 1.807) is 17.0 Å². The molecule has 1 aliphatic rings. The maximum Gasteiger partial charge on any atom is 0.229 e. The van der Waals surface area contributed by atoms with Crippen molar-refractivity contribution in [2.24, 2.45) is 7.05 Å². The van der Waals surface area contributed by atoms with Crippen LogP contribution in [0.4, 0.5) is 11.5 Å².